The van der Waals surface area contributed by atoms with E-state index in [4.69, 9.17) is 11.6 Å². The monoisotopic (exact) mass is 287 g/mol. The number of halogens is 2. The predicted molar refractivity (Wildman–Crippen MR) is 73.8 cm³/mol. The maximum Gasteiger partial charge on any atom is 0.252 e. The molecule has 0 aliphatic heterocycles. The standard InChI is InChI=1S/C14H19ClFNO2/c1-3-14(4-2,9-18)8-17-13(19)11-6-5-10(16)7-12(11)15/h5-7,18H,3-4,8-9H2,1-2H3,(H,17,19). The Morgan fingerprint density at radius 1 is 1.42 bits per heavy atom. The highest BCUT2D eigenvalue weighted by atomic mass is 35.5. The van der Waals surface area contributed by atoms with Gasteiger partial charge in [-0.1, -0.05) is 25.4 Å². The molecule has 19 heavy (non-hydrogen) atoms. The molecule has 0 bridgehead atoms. The van der Waals surface area contributed by atoms with Crippen LogP contribution in [-0.4, -0.2) is 24.2 Å². The molecule has 0 atom stereocenters. The zero-order valence-corrected chi connectivity index (χ0v) is 11.9. The molecule has 0 saturated carbocycles. The molecule has 1 aromatic carbocycles. The van der Waals surface area contributed by atoms with Crippen LogP contribution in [0.25, 0.3) is 0 Å². The Hall–Kier alpha value is -1.13. The topological polar surface area (TPSA) is 49.3 Å². The van der Waals surface area contributed by atoms with E-state index in [1.54, 1.807) is 0 Å². The Bertz CT molecular complexity index is 439. The van der Waals surface area contributed by atoms with Crippen LogP contribution in [0.2, 0.25) is 5.02 Å². The van der Waals surface area contributed by atoms with Crippen LogP contribution < -0.4 is 5.32 Å². The Kier molecular flexibility index (Phi) is 5.76. The van der Waals surface area contributed by atoms with E-state index >= 15 is 0 Å². The molecule has 0 heterocycles. The molecule has 0 aliphatic rings. The van der Waals surface area contributed by atoms with Crippen LogP contribution in [0.15, 0.2) is 18.2 Å². The minimum atomic E-state index is -0.478. The smallest absolute Gasteiger partial charge is 0.252 e. The van der Waals surface area contributed by atoms with Gasteiger partial charge in [-0.2, -0.15) is 0 Å². The first-order chi connectivity index (χ1) is 8.98. The Balaban J connectivity index is 2.75. The number of rotatable bonds is 6. The van der Waals surface area contributed by atoms with Crippen LogP contribution in [0.4, 0.5) is 4.39 Å². The van der Waals surface area contributed by atoms with Gasteiger partial charge in [0.15, 0.2) is 0 Å². The number of aliphatic hydroxyl groups excluding tert-OH is 1. The van der Waals surface area contributed by atoms with Crippen molar-refractivity contribution in [1.82, 2.24) is 5.32 Å². The largest absolute Gasteiger partial charge is 0.396 e. The molecule has 0 unspecified atom stereocenters. The van der Waals surface area contributed by atoms with Crippen molar-refractivity contribution >= 4 is 17.5 Å². The number of nitrogens with one attached hydrogen (secondary N) is 1. The summed E-state index contributed by atoms with van der Waals surface area (Å²) in [7, 11) is 0. The SMILES string of the molecule is CCC(CC)(CO)CNC(=O)c1ccc(F)cc1Cl. The second-order valence-corrected chi connectivity index (χ2v) is 5.08. The highest BCUT2D eigenvalue weighted by Gasteiger charge is 2.26. The first kappa shape index (κ1) is 15.9. The van der Waals surface area contributed by atoms with E-state index in [1.807, 2.05) is 13.8 Å². The second-order valence-electron chi connectivity index (χ2n) is 4.67. The summed E-state index contributed by atoms with van der Waals surface area (Å²) in [6.07, 6.45) is 1.52. The summed E-state index contributed by atoms with van der Waals surface area (Å²) in [5.41, 5.74) is -0.0792. The maximum absolute atomic E-state index is 12.9. The third-order valence-electron chi connectivity index (χ3n) is 3.64. The first-order valence-electron chi connectivity index (χ1n) is 6.32. The third-order valence-corrected chi connectivity index (χ3v) is 3.95. The van der Waals surface area contributed by atoms with Crippen molar-refractivity contribution in [3.05, 3.63) is 34.6 Å². The van der Waals surface area contributed by atoms with Crippen molar-refractivity contribution in [2.24, 2.45) is 5.41 Å². The van der Waals surface area contributed by atoms with Crippen LogP contribution in [0.3, 0.4) is 0 Å². The molecule has 106 valence electrons. The summed E-state index contributed by atoms with van der Waals surface area (Å²) in [5, 5.41) is 12.3. The molecule has 1 rings (SSSR count). The van der Waals surface area contributed by atoms with Gasteiger partial charge < -0.3 is 10.4 Å². The fraction of sp³-hybridized carbons (Fsp3) is 0.500. The lowest BCUT2D eigenvalue weighted by molar-refractivity contribution is 0.0851. The van der Waals surface area contributed by atoms with E-state index in [1.165, 1.54) is 12.1 Å². The number of hydrogen-bond donors (Lipinski definition) is 2. The van der Waals surface area contributed by atoms with Gasteiger partial charge in [0.1, 0.15) is 5.82 Å². The van der Waals surface area contributed by atoms with E-state index in [9.17, 15) is 14.3 Å². The van der Waals surface area contributed by atoms with Gasteiger partial charge in [-0.15, -0.1) is 0 Å². The zero-order chi connectivity index (χ0) is 14.5. The van der Waals surface area contributed by atoms with Gasteiger partial charge in [-0.25, -0.2) is 4.39 Å². The van der Waals surface area contributed by atoms with Crippen LogP contribution in [0, 0.1) is 11.2 Å². The number of carbonyl (C=O) groups is 1. The molecule has 0 saturated heterocycles. The molecule has 1 amide bonds. The summed E-state index contributed by atoms with van der Waals surface area (Å²) in [6, 6.07) is 3.65. The minimum Gasteiger partial charge on any atom is -0.396 e. The van der Waals surface area contributed by atoms with Crippen molar-refractivity contribution in [2.75, 3.05) is 13.2 Å². The average molecular weight is 288 g/mol. The fourth-order valence-corrected chi connectivity index (χ4v) is 2.07. The molecule has 3 nitrogen and oxygen atoms in total. The van der Waals surface area contributed by atoms with Gasteiger partial charge in [0.25, 0.3) is 5.91 Å². The van der Waals surface area contributed by atoms with Crippen molar-refractivity contribution in [1.29, 1.82) is 0 Å². The normalized spacial score (nSPS) is 11.4. The van der Waals surface area contributed by atoms with Crippen LogP contribution in [-0.2, 0) is 0 Å². The summed E-state index contributed by atoms with van der Waals surface area (Å²) in [4.78, 5) is 12.0. The highest BCUT2D eigenvalue weighted by Crippen LogP contribution is 2.25. The van der Waals surface area contributed by atoms with Crippen molar-refractivity contribution in [3.8, 4) is 0 Å². The minimum absolute atomic E-state index is 0.0113. The van der Waals surface area contributed by atoms with Crippen molar-refractivity contribution < 1.29 is 14.3 Å². The zero-order valence-electron chi connectivity index (χ0n) is 11.2. The summed E-state index contributed by atoms with van der Waals surface area (Å²) >= 11 is 5.83. The Morgan fingerprint density at radius 3 is 2.53 bits per heavy atom. The van der Waals surface area contributed by atoms with E-state index in [2.05, 4.69) is 5.32 Å². The van der Waals surface area contributed by atoms with Gasteiger partial charge in [0.2, 0.25) is 0 Å². The van der Waals surface area contributed by atoms with E-state index in [-0.39, 0.29) is 28.5 Å². The number of benzene rings is 1. The number of aliphatic hydroxyl groups is 1. The van der Waals surface area contributed by atoms with Crippen molar-refractivity contribution in [2.45, 2.75) is 26.7 Å². The Labute approximate surface area is 117 Å². The molecule has 0 aromatic heterocycles. The maximum atomic E-state index is 12.9. The predicted octanol–water partition coefficient (Wildman–Crippen LogP) is 3.01. The van der Waals surface area contributed by atoms with Crippen molar-refractivity contribution in [3.63, 3.8) is 0 Å². The lowest BCUT2D eigenvalue weighted by Crippen LogP contribution is -2.39. The van der Waals surface area contributed by atoms with Gasteiger partial charge in [-0.05, 0) is 31.0 Å². The molecule has 1 aromatic rings. The number of carbonyl (C=O) groups excluding carboxylic acids is 1. The molecule has 0 radical (unpaired) electrons. The summed E-state index contributed by atoms with van der Waals surface area (Å²) < 4.78 is 12.9. The first-order valence-corrected chi connectivity index (χ1v) is 6.70. The molecule has 0 fully saturated rings. The van der Waals surface area contributed by atoms with Gasteiger partial charge >= 0.3 is 0 Å². The van der Waals surface area contributed by atoms with Gasteiger partial charge in [0.05, 0.1) is 17.2 Å². The van der Waals surface area contributed by atoms with Gasteiger partial charge in [0, 0.05) is 12.0 Å². The lowest BCUT2D eigenvalue weighted by atomic mass is 9.83. The van der Waals surface area contributed by atoms with E-state index in [0.29, 0.717) is 6.54 Å². The quantitative estimate of drug-likeness (QED) is 0.845. The van der Waals surface area contributed by atoms with Crippen LogP contribution in [0.1, 0.15) is 37.0 Å². The number of amides is 1. The Morgan fingerprint density at radius 2 is 2.05 bits per heavy atom. The summed E-state index contributed by atoms with van der Waals surface area (Å²) in [5.74, 6) is -0.835. The summed E-state index contributed by atoms with van der Waals surface area (Å²) in [6.45, 7) is 4.31. The van der Waals surface area contributed by atoms with E-state index in [0.717, 1.165) is 18.9 Å². The third kappa shape index (κ3) is 3.91. The lowest BCUT2D eigenvalue weighted by Gasteiger charge is -2.29. The number of hydrogen-bond acceptors (Lipinski definition) is 2. The van der Waals surface area contributed by atoms with Gasteiger partial charge in [-0.3, -0.25) is 4.79 Å². The molecular formula is C14H19ClFNO2. The average Bonchev–Trinajstić information content (AvgIpc) is 2.40. The second kappa shape index (κ2) is 6.87. The molecule has 2 N–H and O–H groups in total. The van der Waals surface area contributed by atoms with Crippen LogP contribution >= 0.6 is 11.6 Å². The molecule has 0 spiro atoms. The van der Waals surface area contributed by atoms with Crippen LogP contribution in [0.5, 0.6) is 0 Å². The molecule has 5 heteroatoms. The molecular weight excluding hydrogens is 269 g/mol. The highest BCUT2D eigenvalue weighted by molar-refractivity contribution is 6.33. The molecule has 0 aliphatic carbocycles. The fourth-order valence-electron chi connectivity index (χ4n) is 1.82. The van der Waals surface area contributed by atoms with E-state index < -0.39 is 5.82 Å².